The normalized spacial score (nSPS) is 18.0. The number of ether oxygens (including phenoxy) is 1. The predicted octanol–water partition coefficient (Wildman–Crippen LogP) is 4.88. The van der Waals surface area contributed by atoms with Crippen LogP contribution in [-0.4, -0.2) is 32.0 Å². The van der Waals surface area contributed by atoms with Crippen molar-refractivity contribution in [2.24, 2.45) is 5.92 Å². The highest BCUT2D eigenvalue weighted by Gasteiger charge is 2.51. The Morgan fingerprint density at radius 2 is 2.15 bits per heavy atom. The Labute approximate surface area is 165 Å². The number of furan rings is 1. The molecule has 0 N–H and O–H groups in total. The lowest BCUT2D eigenvalue weighted by Crippen LogP contribution is -2.04. The van der Waals surface area contributed by atoms with Crippen LogP contribution in [0.1, 0.15) is 12.2 Å². The van der Waals surface area contributed by atoms with Gasteiger partial charge in [0.2, 0.25) is 0 Å². The van der Waals surface area contributed by atoms with E-state index in [0.29, 0.717) is 6.54 Å². The van der Waals surface area contributed by atoms with Crippen molar-refractivity contribution in [1.29, 1.82) is 0 Å². The number of nitrogens with zero attached hydrogens (tertiary/aromatic N) is 3. The molecule has 0 radical (unpaired) electrons. The van der Waals surface area contributed by atoms with E-state index in [1.54, 1.807) is 25.1 Å². The highest BCUT2D eigenvalue weighted by Crippen LogP contribution is 2.54. The topological polar surface area (TPSA) is 53.1 Å². The summed E-state index contributed by atoms with van der Waals surface area (Å²) in [6.07, 6.45) is 2.48. The molecule has 0 saturated heterocycles. The SMILES string of the molecule is COc1cccc(-c2nnc(SC[C@H]3CC3(Cl)Cl)n2Cc2ccco2)c1. The monoisotopic (exact) mass is 409 g/mol. The van der Waals surface area contributed by atoms with Gasteiger partial charge in [-0.3, -0.25) is 4.57 Å². The minimum absolute atomic E-state index is 0.282. The van der Waals surface area contributed by atoms with Crippen LogP contribution >= 0.6 is 35.0 Å². The first-order valence-corrected chi connectivity index (χ1v) is 9.91. The van der Waals surface area contributed by atoms with Gasteiger partial charge in [0.25, 0.3) is 0 Å². The van der Waals surface area contributed by atoms with Gasteiger partial charge in [-0.05, 0) is 30.7 Å². The molecule has 1 fully saturated rings. The van der Waals surface area contributed by atoms with Crippen LogP contribution in [-0.2, 0) is 6.54 Å². The number of alkyl halides is 2. The Kier molecular flexibility index (Phi) is 4.90. The van der Waals surface area contributed by atoms with Gasteiger partial charge in [-0.1, -0.05) is 23.9 Å². The molecule has 5 nitrogen and oxygen atoms in total. The van der Waals surface area contributed by atoms with Crippen molar-refractivity contribution in [3.63, 3.8) is 0 Å². The number of hydrogen-bond acceptors (Lipinski definition) is 5. The van der Waals surface area contributed by atoms with Crippen molar-refractivity contribution >= 4 is 35.0 Å². The van der Waals surface area contributed by atoms with E-state index in [1.165, 1.54) is 0 Å². The van der Waals surface area contributed by atoms with Gasteiger partial charge >= 0.3 is 0 Å². The average Bonchev–Trinajstić information content (AvgIpc) is 3.04. The fraction of sp³-hybridized carbons (Fsp3) is 0.333. The summed E-state index contributed by atoms with van der Waals surface area (Å²) in [5.41, 5.74) is 0.936. The quantitative estimate of drug-likeness (QED) is 0.411. The van der Waals surface area contributed by atoms with E-state index in [2.05, 4.69) is 10.2 Å². The molecule has 1 atom stereocenters. The Morgan fingerprint density at radius 3 is 2.85 bits per heavy atom. The number of methoxy groups -OCH3 is 1. The first kappa shape index (κ1) is 17.8. The van der Waals surface area contributed by atoms with Gasteiger partial charge in [0.1, 0.15) is 15.8 Å². The lowest BCUT2D eigenvalue weighted by Gasteiger charge is -2.09. The third kappa shape index (κ3) is 3.72. The summed E-state index contributed by atoms with van der Waals surface area (Å²) < 4.78 is 12.3. The zero-order valence-corrected chi connectivity index (χ0v) is 16.4. The second-order valence-corrected chi connectivity index (χ2v) is 8.71. The van der Waals surface area contributed by atoms with Gasteiger partial charge in [-0.25, -0.2) is 0 Å². The van der Waals surface area contributed by atoms with Crippen LogP contribution in [0.15, 0.2) is 52.2 Å². The van der Waals surface area contributed by atoms with Gasteiger partial charge in [0.15, 0.2) is 11.0 Å². The molecule has 0 bridgehead atoms. The lowest BCUT2D eigenvalue weighted by molar-refractivity contribution is 0.415. The first-order chi connectivity index (χ1) is 12.6. The van der Waals surface area contributed by atoms with E-state index in [-0.39, 0.29) is 5.92 Å². The van der Waals surface area contributed by atoms with Crippen molar-refractivity contribution in [1.82, 2.24) is 14.8 Å². The van der Waals surface area contributed by atoms with Crippen LogP contribution in [0, 0.1) is 5.92 Å². The number of thioether (sulfide) groups is 1. The van der Waals surface area contributed by atoms with E-state index in [1.807, 2.05) is 41.0 Å². The summed E-state index contributed by atoms with van der Waals surface area (Å²) in [4.78, 5) is 0. The second-order valence-electron chi connectivity index (χ2n) is 6.18. The van der Waals surface area contributed by atoms with Crippen molar-refractivity contribution < 1.29 is 9.15 Å². The molecule has 2 aromatic heterocycles. The maximum Gasteiger partial charge on any atom is 0.191 e. The largest absolute Gasteiger partial charge is 0.497 e. The molecule has 2 heterocycles. The number of benzene rings is 1. The van der Waals surface area contributed by atoms with Crippen LogP contribution < -0.4 is 4.74 Å². The van der Waals surface area contributed by atoms with Crippen LogP contribution in [0.4, 0.5) is 0 Å². The maximum atomic E-state index is 6.14. The molecule has 1 saturated carbocycles. The molecule has 1 aliphatic rings. The molecule has 0 unspecified atom stereocenters. The van der Waals surface area contributed by atoms with Crippen molar-refractivity contribution in [2.45, 2.75) is 22.5 Å². The summed E-state index contributed by atoms with van der Waals surface area (Å²) in [5, 5.41) is 9.60. The zero-order valence-electron chi connectivity index (χ0n) is 14.1. The smallest absolute Gasteiger partial charge is 0.191 e. The summed E-state index contributed by atoms with van der Waals surface area (Å²) in [7, 11) is 1.65. The predicted molar refractivity (Wildman–Crippen MR) is 103 cm³/mol. The van der Waals surface area contributed by atoms with Gasteiger partial charge in [-0.15, -0.1) is 33.4 Å². The van der Waals surface area contributed by atoms with Gasteiger partial charge in [-0.2, -0.15) is 0 Å². The Hall–Kier alpha value is -1.63. The summed E-state index contributed by atoms with van der Waals surface area (Å²) >= 11 is 13.9. The fourth-order valence-corrected chi connectivity index (χ4v) is 4.57. The molecule has 136 valence electrons. The third-order valence-electron chi connectivity index (χ3n) is 4.31. The molecule has 0 aliphatic heterocycles. The van der Waals surface area contributed by atoms with Gasteiger partial charge in [0, 0.05) is 17.2 Å². The maximum absolute atomic E-state index is 6.14. The number of halogens is 2. The van der Waals surface area contributed by atoms with Crippen LogP contribution in [0.5, 0.6) is 5.75 Å². The Balaban J connectivity index is 1.64. The molecule has 0 spiro atoms. The highest BCUT2D eigenvalue weighted by atomic mass is 35.5. The minimum Gasteiger partial charge on any atom is -0.497 e. The van der Waals surface area contributed by atoms with Gasteiger partial charge < -0.3 is 9.15 Å². The Morgan fingerprint density at radius 1 is 1.31 bits per heavy atom. The first-order valence-electron chi connectivity index (χ1n) is 8.17. The average molecular weight is 410 g/mol. The molecule has 4 rings (SSSR count). The van der Waals surface area contributed by atoms with Crippen LogP contribution in [0.2, 0.25) is 0 Å². The Bertz CT molecular complexity index is 896. The van der Waals surface area contributed by atoms with E-state index in [0.717, 1.165) is 40.2 Å². The van der Waals surface area contributed by atoms with Crippen molar-refractivity contribution in [2.75, 3.05) is 12.9 Å². The molecule has 3 aromatic rings. The zero-order chi connectivity index (χ0) is 18.1. The van der Waals surface area contributed by atoms with Crippen LogP contribution in [0.3, 0.4) is 0 Å². The molecular weight excluding hydrogens is 393 g/mol. The lowest BCUT2D eigenvalue weighted by atomic mass is 10.2. The minimum atomic E-state index is -0.589. The van der Waals surface area contributed by atoms with Crippen molar-refractivity contribution in [3.8, 4) is 17.1 Å². The van der Waals surface area contributed by atoms with Gasteiger partial charge in [0.05, 0.1) is 19.9 Å². The summed E-state index contributed by atoms with van der Waals surface area (Å²) in [6.45, 7) is 0.548. The summed E-state index contributed by atoms with van der Waals surface area (Å²) in [5.74, 6) is 3.47. The number of hydrogen-bond donors (Lipinski definition) is 0. The fourth-order valence-electron chi connectivity index (χ4n) is 2.70. The molecular formula is C18H17Cl2N3O2S. The number of aromatic nitrogens is 3. The number of rotatable bonds is 7. The molecule has 1 aliphatic carbocycles. The third-order valence-corrected chi connectivity index (χ3v) is 6.36. The molecule has 0 amide bonds. The van der Waals surface area contributed by atoms with E-state index in [4.69, 9.17) is 32.4 Å². The second kappa shape index (κ2) is 7.18. The molecule has 26 heavy (non-hydrogen) atoms. The van der Waals surface area contributed by atoms with E-state index < -0.39 is 4.33 Å². The van der Waals surface area contributed by atoms with Crippen LogP contribution in [0.25, 0.3) is 11.4 Å². The highest BCUT2D eigenvalue weighted by molar-refractivity contribution is 7.99. The molecule has 8 heteroatoms. The van der Waals surface area contributed by atoms with Crippen molar-refractivity contribution in [3.05, 3.63) is 48.4 Å². The van der Waals surface area contributed by atoms with E-state index in [9.17, 15) is 0 Å². The standard InChI is InChI=1S/C18H17Cl2N3O2S/c1-24-14-5-2-4-12(8-14)16-21-22-17(26-11-13-9-18(13,19)20)23(16)10-15-6-3-7-25-15/h2-8,13H,9-11H2,1H3/t13-/m1/s1. The van der Waals surface area contributed by atoms with E-state index >= 15 is 0 Å². The molecule has 1 aromatic carbocycles. The summed E-state index contributed by atoms with van der Waals surface area (Å²) in [6, 6.07) is 11.6.